The summed E-state index contributed by atoms with van der Waals surface area (Å²) < 4.78 is 0. The first-order valence-corrected chi connectivity index (χ1v) is 8.16. The Kier molecular flexibility index (Phi) is 2.81. The molecule has 4 nitrogen and oxygen atoms in total. The van der Waals surface area contributed by atoms with Crippen molar-refractivity contribution >= 4 is 22.5 Å². The predicted octanol–water partition coefficient (Wildman–Crippen LogP) is 3.45. The van der Waals surface area contributed by atoms with E-state index in [9.17, 15) is 9.59 Å². The van der Waals surface area contributed by atoms with Gasteiger partial charge in [0.25, 0.3) is 0 Å². The Morgan fingerprint density at radius 1 is 1.22 bits per heavy atom. The minimum absolute atomic E-state index is 0.0838. The first-order valence-electron chi connectivity index (χ1n) is 8.16. The number of carbonyl (C=O) groups excluding carboxylic acids is 2. The van der Waals surface area contributed by atoms with Gasteiger partial charge >= 0.3 is 0 Å². The second-order valence-corrected chi connectivity index (χ2v) is 7.66. The summed E-state index contributed by atoms with van der Waals surface area (Å²) in [6, 6.07) is 7.57. The van der Waals surface area contributed by atoms with Crippen LogP contribution in [0.3, 0.4) is 0 Å². The van der Waals surface area contributed by atoms with Gasteiger partial charge in [-0.1, -0.05) is 39.0 Å². The molecule has 0 radical (unpaired) electrons. The highest BCUT2D eigenvalue weighted by Crippen LogP contribution is 2.66. The molecule has 0 N–H and O–H groups in total. The third-order valence-corrected chi connectivity index (χ3v) is 6.52. The first-order chi connectivity index (χ1) is 10.9. The van der Waals surface area contributed by atoms with Gasteiger partial charge in [0.15, 0.2) is 11.6 Å². The third kappa shape index (κ3) is 1.72. The number of benzene rings is 1. The highest BCUT2D eigenvalue weighted by atomic mass is 16.2. The summed E-state index contributed by atoms with van der Waals surface area (Å²) in [6.45, 7) is 6.26. The Morgan fingerprint density at radius 3 is 2.65 bits per heavy atom. The van der Waals surface area contributed by atoms with Gasteiger partial charge in [0.05, 0.1) is 11.4 Å². The van der Waals surface area contributed by atoms with Crippen LogP contribution in [0.2, 0.25) is 0 Å². The van der Waals surface area contributed by atoms with Crippen molar-refractivity contribution in [3.8, 4) is 0 Å². The molecule has 0 aliphatic heterocycles. The minimum Gasteiger partial charge on any atom is -0.298 e. The number of rotatable bonds is 2. The van der Waals surface area contributed by atoms with E-state index >= 15 is 0 Å². The van der Waals surface area contributed by atoms with Gasteiger partial charge in [0.2, 0.25) is 5.78 Å². The van der Waals surface area contributed by atoms with E-state index in [1.807, 2.05) is 31.2 Å². The number of carbonyl (C=O) groups is 2. The van der Waals surface area contributed by atoms with Crippen molar-refractivity contribution in [2.75, 3.05) is 0 Å². The van der Waals surface area contributed by atoms with Crippen LogP contribution in [0.1, 0.15) is 44.2 Å². The van der Waals surface area contributed by atoms with Gasteiger partial charge in [-0.2, -0.15) is 0 Å². The maximum absolute atomic E-state index is 13.0. The van der Waals surface area contributed by atoms with Crippen molar-refractivity contribution in [1.29, 1.82) is 0 Å². The molecule has 3 atom stereocenters. The molecule has 23 heavy (non-hydrogen) atoms. The SMILES string of the molecule is CC12CCC(C(C(=O)c3ncc4ccccc4n3)C1=O)C2(C)C. The topological polar surface area (TPSA) is 59.9 Å². The summed E-state index contributed by atoms with van der Waals surface area (Å²) in [6.07, 6.45) is 3.48. The summed E-state index contributed by atoms with van der Waals surface area (Å²) in [7, 11) is 0. The van der Waals surface area contributed by atoms with Crippen molar-refractivity contribution in [2.24, 2.45) is 22.7 Å². The smallest absolute Gasteiger partial charge is 0.210 e. The average Bonchev–Trinajstić information content (AvgIpc) is 2.86. The monoisotopic (exact) mass is 308 g/mol. The number of hydrogen-bond acceptors (Lipinski definition) is 4. The van der Waals surface area contributed by atoms with Crippen molar-refractivity contribution < 1.29 is 9.59 Å². The van der Waals surface area contributed by atoms with Gasteiger partial charge in [0, 0.05) is 17.0 Å². The molecule has 3 unspecified atom stereocenters. The second-order valence-electron chi connectivity index (χ2n) is 7.66. The molecule has 2 aliphatic rings. The van der Waals surface area contributed by atoms with Crippen LogP contribution in [0.4, 0.5) is 0 Å². The normalized spacial score (nSPS) is 31.7. The highest BCUT2D eigenvalue weighted by Gasteiger charge is 2.68. The van der Waals surface area contributed by atoms with E-state index in [2.05, 4.69) is 23.8 Å². The molecule has 2 saturated carbocycles. The van der Waals surface area contributed by atoms with Gasteiger partial charge in [-0.25, -0.2) is 9.97 Å². The van der Waals surface area contributed by atoms with E-state index in [0.29, 0.717) is 0 Å². The number of Topliss-reactive ketones (excluding diaryl/α,β-unsaturated/α-hetero) is 2. The fraction of sp³-hybridized carbons (Fsp3) is 0.474. The number of ketones is 2. The molecule has 0 amide bonds. The molecule has 2 aliphatic carbocycles. The van der Waals surface area contributed by atoms with Gasteiger partial charge in [-0.3, -0.25) is 9.59 Å². The molecule has 0 spiro atoms. The first kappa shape index (κ1) is 14.5. The van der Waals surface area contributed by atoms with Crippen LogP contribution in [0, 0.1) is 22.7 Å². The summed E-state index contributed by atoms with van der Waals surface area (Å²) in [5, 5.41) is 0.899. The molecule has 2 fully saturated rings. The number of para-hydroxylation sites is 1. The number of aromatic nitrogens is 2. The predicted molar refractivity (Wildman–Crippen MR) is 87.0 cm³/mol. The zero-order valence-electron chi connectivity index (χ0n) is 13.7. The molecule has 1 heterocycles. The van der Waals surface area contributed by atoms with Crippen LogP contribution in [0.15, 0.2) is 30.5 Å². The Labute approximate surface area is 135 Å². The average molecular weight is 308 g/mol. The molecular weight excluding hydrogens is 288 g/mol. The van der Waals surface area contributed by atoms with Crippen LogP contribution < -0.4 is 0 Å². The molecule has 0 saturated heterocycles. The van der Waals surface area contributed by atoms with Gasteiger partial charge in [-0.15, -0.1) is 0 Å². The van der Waals surface area contributed by atoms with Crippen LogP contribution in [0.25, 0.3) is 10.9 Å². The van der Waals surface area contributed by atoms with Gasteiger partial charge in [0.1, 0.15) is 0 Å². The van der Waals surface area contributed by atoms with Gasteiger partial charge < -0.3 is 0 Å². The number of nitrogens with zero attached hydrogens (tertiary/aromatic N) is 2. The molecule has 1 aromatic heterocycles. The summed E-state index contributed by atoms with van der Waals surface area (Å²) in [5.41, 5.74) is 0.211. The molecule has 2 bridgehead atoms. The highest BCUT2D eigenvalue weighted by molar-refractivity contribution is 6.13. The van der Waals surface area contributed by atoms with E-state index < -0.39 is 11.3 Å². The molecule has 4 heteroatoms. The van der Waals surface area contributed by atoms with E-state index in [1.54, 1.807) is 6.20 Å². The van der Waals surface area contributed by atoms with E-state index in [-0.39, 0.29) is 28.7 Å². The molecule has 118 valence electrons. The summed E-state index contributed by atoms with van der Waals surface area (Å²) in [4.78, 5) is 34.5. The van der Waals surface area contributed by atoms with Crippen LogP contribution >= 0.6 is 0 Å². The van der Waals surface area contributed by atoms with E-state index in [1.165, 1.54) is 0 Å². The van der Waals surface area contributed by atoms with Crippen LogP contribution in [-0.2, 0) is 4.79 Å². The minimum atomic E-state index is -0.579. The lowest BCUT2D eigenvalue weighted by atomic mass is 9.70. The zero-order valence-corrected chi connectivity index (χ0v) is 13.7. The number of hydrogen-bond donors (Lipinski definition) is 0. The maximum atomic E-state index is 13.0. The van der Waals surface area contributed by atoms with Crippen molar-refractivity contribution in [2.45, 2.75) is 33.6 Å². The quantitative estimate of drug-likeness (QED) is 0.630. The van der Waals surface area contributed by atoms with Gasteiger partial charge in [-0.05, 0) is 30.2 Å². The molecule has 4 rings (SSSR count). The Hall–Kier alpha value is -2.10. The molecule has 2 aromatic rings. The lowest BCUT2D eigenvalue weighted by molar-refractivity contribution is -0.130. The Bertz CT molecular complexity index is 842. The fourth-order valence-corrected chi connectivity index (χ4v) is 4.62. The van der Waals surface area contributed by atoms with Crippen LogP contribution in [-0.4, -0.2) is 21.5 Å². The Morgan fingerprint density at radius 2 is 1.96 bits per heavy atom. The lowest BCUT2D eigenvalue weighted by Crippen LogP contribution is -2.36. The standard InChI is InChI=1S/C19H20N2O2/c1-18(2)12-8-9-19(18,3)16(23)14(12)15(22)17-20-10-11-6-4-5-7-13(11)21-17/h4-7,10,12,14H,8-9H2,1-3H3. The summed E-state index contributed by atoms with van der Waals surface area (Å²) >= 11 is 0. The molecule has 1 aromatic carbocycles. The largest absolute Gasteiger partial charge is 0.298 e. The second kappa shape index (κ2) is 4.47. The zero-order chi connectivity index (χ0) is 16.4. The Balaban J connectivity index is 1.76. The van der Waals surface area contributed by atoms with Crippen LogP contribution in [0.5, 0.6) is 0 Å². The van der Waals surface area contributed by atoms with E-state index in [0.717, 1.165) is 23.7 Å². The lowest BCUT2D eigenvalue weighted by Gasteiger charge is -2.32. The third-order valence-electron chi connectivity index (χ3n) is 6.52. The van der Waals surface area contributed by atoms with Crippen molar-refractivity contribution in [3.05, 3.63) is 36.3 Å². The summed E-state index contributed by atoms with van der Waals surface area (Å²) in [5.74, 6) is -0.427. The van der Waals surface area contributed by atoms with Crippen molar-refractivity contribution in [3.63, 3.8) is 0 Å². The fourth-order valence-electron chi connectivity index (χ4n) is 4.62. The molecular formula is C19H20N2O2. The van der Waals surface area contributed by atoms with E-state index in [4.69, 9.17) is 0 Å². The number of fused-ring (bicyclic) bond motifs is 3. The maximum Gasteiger partial charge on any atom is 0.210 e. The van der Waals surface area contributed by atoms with Crippen molar-refractivity contribution in [1.82, 2.24) is 9.97 Å².